The summed E-state index contributed by atoms with van der Waals surface area (Å²) in [7, 11) is 0. The van der Waals surface area contributed by atoms with Gasteiger partial charge in [0.1, 0.15) is 11.8 Å². The number of primary amides is 1. The Balaban J connectivity index is 2.49. The summed E-state index contributed by atoms with van der Waals surface area (Å²) in [6, 6.07) is 5.70. The Kier molecular flexibility index (Phi) is 3.38. The van der Waals surface area contributed by atoms with Crippen LogP contribution in [0, 0.1) is 10.1 Å². The van der Waals surface area contributed by atoms with E-state index in [0.29, 0.717) is 5.56 Å². The number of aromatic nitrogens is 2. The Labute approximate surface area is 113 Å². The van der Waals surface area contributed by atoms with Gasteiger partial charge in [-0.1, -0.05) is 17.2 Å². The molecule has 0 aliphatic rings. The van der Waals surface area contributed by atoms with Gasteiger partial charge in [0.25, 0.3) is 5.91 Å². The summed E-state index contributed by atoms with van der Waals surface area (Å²) in [4.78, 5) is 21.6. The predicted octanol–water partition coefficient (Wildman–Crippen LogP) is 1.21. The molecule has 20 heavy (non-hydrogen) atoms. The maximum atomic E-state index is 11.2. The molecule has 0 aliphatic carbocycles. The maximum absolute atomic E-state index is 11.2. The van der Waals surface area contributed by atoms with Crippen molar-refractivity contribution in [2.24, 2.45) is 5.73 Å². The highest BCUT2D eigenvalue weighted by molar-refractivity contribution is 5.96. The van der Waals surface area contributed by atoms with Crippen molar-refractivity contribution in [3.8, 4) is 5.75 Å². The number of nitrogens with zero attached hydrogens (tertiary/aromatic N) is 3. The average Bonchev–Trinajstić information content (AvgIpc) is 2.83. The first-order chi connectivity index (χ1) is 9.41. The number of phenols is 1. The zero-order valence-corrected chi connectivity index (χ0v) is 10.6. The van der Waals surface area contributed by atoms with E-state index < -0.39 is 22.7 Å². The van der Waals surface area contributed by atoms with Gasteiger partial charge in [-0.3, -0.25) is 4.79 Å². The summed E-state index contributed by atoms with van der Waals surface area (Å²) in [5, 5.41) is 24.2. The molecule has 104 valence electrons. The molecular formula is C12H12N4O4. The number of phenolic OH excluding ortho intramolecular Hbond substituents is 1. The van der Waals surface area contributed by atoms with Gasteiger partial charge in [-0.25, -0.2) is 0 Å². The molecular weight excluding hydrogens is 264 g/mol. The van der Waals surface area contributed by atoms with E-state index in [1.54, 1.807) is 19.1 Å². The lowest BCUT2D eigenvalue weighted by Crippen LogP contribution is -2.15. The number of hydrogen-bond donors (Lipinski definition) is 2. The molecule has 0 saturated heterocycles. The van der Waals surface area contributed by atoms with Gasteiger partial charge < -0.3 is 21.0 Å². The van der Waals surface area contributed by atoms with E-state index in [-0.39, 0.29) is 11.3 Å². The number of aromatic hydroxyl groups is 1. The lowest BCUT2D eigenvalue weighted by atomic mass is 10.1. The molecule has 0 saturated carbocycles. The van der Waals surface area contributed by atoms with Gasteiger partial charge in [0.2, 0.25) is 0 Å². The molecule has 2 rings (SSSR count). The molecule has 8 heteroatoms. The van der Waals surface area contributed by atoms with Crippen LogP contribution in [-0.2, 0) is 0 Å². The van der Waals surface area contributed by atoms with E-state index in [2.05, 4.69) is 5.10 Å². The first-order valence-electron chi connectivity index (χ1n) is 5.72. The molecule has 2 aromatic rings. The van der Waals surface area contributed by atoms with Crippen LogP contribution in [0.4, 0.5) is 5.82 Å². The van der Waals surface area contributed by atoms with Gasteiger partial charge in [-0.15, -0.1) is 4.68 Å². The third-order valence-electron chi connectivity index (χ3n) is 2.95. The highest BCUT2D eigenvalue weighted by atomic mass is 16.6. The van der Waals surface area contributed by atoms with E-state index in [1.165, 1.54) is 12.1 Å². The zero-order valence-electron chi connectivity index (χ0n) is 10.6. The topological polar surface area (TPSA) is 124 Å². The quantitative estimate of drug-likeness (QED) is 0.641. The minimum Gasteiger partial charge on any atom is -0.508 e. The van der Waals surface area contributed by atoms with Gasteiger partial charge in [-0.05, 0) is 29.5 Å². The smallest absolute Gasteiger partial charge is 0.358 e. The molecule has 0 radical (unpaired) electrons. The lowest BCUT2D eigenvalue weighted by molar-refractivity contribution is -0.393. The third kappa shape index (κ3) is 2.30. The Morgan fingerprint density at radius 1 is 1.45 bits per heavy atom. The SMILES string of the molecule is CC(c1ccc(O)cc1)n1ncc(C(N)=O)c1[N+](=O)[O-]. The Bertz CT molecular complexity index is 663. The molecule has 3 N–H and O–H groups in total. The summed E-state index contributed by atoms with van der Waals surface area (Å²) >= 11 is 0. The molecule has 1 aromatic heterocycles. The molecule has 1 unspecified atom stereocenters. The fourth-order valence-electron chi connectivity index (χ4n) is 1.89. The molecule has 1 amide bonds. The van der Waals surface area contributed by atoms with Crippen molar-refractivity contribution in [3.05, 3.63) is 51.7 Å². The second-order valence-corrected chi connectivity index (χ2v) is 4.22. The van der Waals surface area contributed by atoms with Crippen LogP contribution >= 0.6 is 0 Å². The van der Waals surface area contributed by atoms with Crippen LogP contribution < -0.4 is 5.73 Å². The molecule has 1 aromatic carbocycles. The van der Waals surface area contributed by atoms with Crippen molar-refractivity contribution in [1.82, 2.24) is 9.78 Å². The molecule has 0 aliphatic heterocycles. The van der Waals surface area contributed by atoms with Gasteiger partial charge >= 0.3 is 5.82 Å². The van der Waals surface area contributed by atoms with Crippen molar-refractivity contribution < 1.29 is 14.8 Å². The van der Waals surface area contributed by atoms with Crippen LogP contribution in [0.1, 0.15) is 28.9 Å². The van der Waals surface area contributed by atoms with Crippen molar-refractivity contribution in [3.63, 3.8) is 0 Å². The van der Waals surface area contributed by atoms with E-state index in [0.717, 1.165) is 10.9 Å². The van der Waals surface area contributed by atoms with Crippen LogP contribution in [0.3, 0.4) is 0 Å². The monoisotopic (exact) mass is 276 g/mol. The van der Waals surface area contributed by atoms with Crippen LogP contribution in [-0.4, -0.2) is 25.7 Å². The number of carbonyl (C=O) groups excluding carboxylic acids is 1. The predicted molar refractivity (Wildman–Crippen MR) is 69.3 cm³/mol. The van der Waals surface area contributed by atoms with E-state index in [4.69, 9.17) is 5.73 Å². The number of nitrogens with two attached hydrogens (primary N) is 1. The number of hydrogen-bond acceptors (Lipinski definition) is 5. The fraction of sp³-hybridized carbons (Fsp3) is 0.167. The number of amides is 1. The minimum absolute atomic E-state index is 0.0914. The highest BCUT2D eigenvalue weighted by Crippen LogP contribution is 2.27. The van der Waals surface area contributed by atoms with Gasteiger partial charge in [0.05, 0.1) is 6.20 Å². The van der Waals surface area contributed by atoms with Crippen molar-refractivity contribution in [2.75, 3.05) is 0 Å². The van der Waals surface area contributed by atoms with Gasteiger partial charge in [0.15, 0.2) is 5.56 Å². The number of carbonyl (C=O) groups is 1. The van der Waals surface area contributed by atoms with E-state index in [9.17, 15) is 20.0 Å². The van der Waals surface area contributed by atoms with Crippen LogP contribution in [0.25, 0.3) is 0 Å². The standard InChI is InChI=1S/C12H12N4O4/c1-7(8-2-4-9(17)5-3-8)15-12(16(19)20)10(6-14-15)11(13)18/h2-7,17H,1H3,(H2,13,18). The second kappa shape index (κ2) is 5.00. The minimum atomic E-state index is -0.902. The summed E-state index contributed by atoms with van der Waals surface area (Å²) in [5.41, 5.74) is 5.56. The molecule has 0 spiro atoms. The first kappa shape index (κ1) is 13.5. The Hall–Kier alpha value is -2.90. The Morgan fingerprint density at radius 3 is 2.55 bits per heavy atom. The van der Waals surface area contributed by atoms with Crippen LogP contribution in [0.15, 0.2) is 30.5 Å². The molecule has 8 nitrogen and oxygen atoms in total. The molecule has 0 bridgehead atoms. The largest absolute Gasteiger partial charge is 0.508 e. The maximum Gasteiger partial charge on any atom is 0.358 e. The van der Waals surface area contributed by atoms with Gasteiger partial charge in [0, 0.05) is 0 Å². The molecule has 1 heterocycles. The lowest BCUT2D eigenvalue weighted by Gasteiger charge is -2.09. The number of rotatable bonds is 4. The normalized spacial score (nSPS) is 12.1. The highest BCUT2D eigenvalue weighted by Gasteiger charge is 2.29. The van der Waals surface area contributed by atoms with Crippen LogP contribution in [0.5, 0.6) is 5.75 Å². The van der Waals surface area contributed by atoms with Gasteiger partial charge in [-0.2, -0.15) is 0 Å². The van der Waals surface area contributed by atoms with E-state index in [1.807, 2.05) is 0 Å². The van der Waals surface area contributed by atoms with E-state index >= 15 is 0 Å². The summed E-state index contributed by atoms with van der Waals surface area (Å²) in [6.45, 7) is 1.69. The van der Waals surface area contributed by atoms with Crippen molar-refractivity contribution in [2.45, 2.75) is 13.0 Å². The summed E-state index contributed by atoms with van der Waals surface area (Å²) in [6.07, 6.45) is 1.08. The number of nitro groups is 1. The summed E-state index contributed by atoms with van der Waals surface area (Å²) < 4.78 is 1.12. The molecule has 1 atom stereocenters. The molecule has 0 fully saturated rings. The van der Waals surface area contributed by atoms with Crippen molar-refractivity contribution >= 4 is 11.7 Å². The number of benzene rings is 1. The van der Waals surface area contributed by atoms with Crippen LogP contribution in [0.2, 0.25) is 0 Å². The zero-order chi connectivity index (χ0) is 14.9. The third-order valence-corrected chi connectivity index (χ3v) is 2.95. The van der Waals surface area contributed by atoms with Crippen molar-refractivity contribution in [1.29, 1.82) is 0 Å². The Morgan fingerprint density at radius 2 is 2.05 bits per heavy atom. The first-order valence-corrected chi connectivity index (χ1v) is 5.72. The average molecular weight is 276 g/mol. The second-order valence-electron chi connectivity index (χ2n) is 4.22. The summed E-state index contributed by atoms with van der Waals surface area (Å²) in [5.74, 6) is -1.26. The fourth-order valence-corrected chi connectivity index (χ4v) is 1.89.